The zero-order valence-corrected chi connectivity index (χ0v) is 39.8. The van der Waals surface area contributed by atoms with Crippen molar-refractivity contribution >= 4 is 17.2 Å². The number of hydrogen-bond acceptors (Lipinski definition) is 0. The van der Waals surface area contributed by atoms with Gasteiger partial charge < -0.3 is 24.8 Å². The molecule has 0 saturated heterocycles. The summed E-state index contributed by atoms with van der Waals surface area (Å²) in [5.74, 6) is 0. The van der Waals surface area contributed by atoms with Crippen molar-refractivity contribution in [2.45, 2.75) is 68.6 Å². The molecule has 0 spiro atoms. The minimum absolute atomic E-state index is 0. The summed E-state index contributed by atoms with van der Waals surface area (Å²) in [4.78, 5) is 0. The van der Waals surface area contributed by atoms with Crippen LogP contribution in [0.3, 0.4) is 0 Å². The van der Waals surface area contributed by atoms with Crippen LogP contribution in [0.25, 0.3) is 44.2 Å². The Morgan fingerprint density at radius 2 is 1.15 bits per heavy atom. The molecule has 0 amide bonds. The average Bonchev–Trinajstić information content (AvgIpc) is 3.90. The van der Waals surface area contributed by atoms with Crippen molar-refractivity contribution in [1.82, 2.24) is 0 Å². The van der Waals surface area contributed by atoms with E-state index < -0.39 is 33.0 Å². The largest absolute Gasteiger partial charge is 1.00 e. The molecule has 312 valence electrons. The van der Waals surface area contributed by atoms with Crippen LogP contribution < -0.4 is 28.1 Å². The maximum absolute atomic E-state index is 14.8. The number of alkyl halides is 3. The number of rotatable bonds is 6. The minimum atomic E-state index is -4.48. The molecule has 2 aliphatic carbocycles. The van der Waals surface area contributed by atoms with Gasteiger partial charge in [-0.1, -0.05) is 0 Å². The molecule has 0 aromatic heterocycles. The molecule has 0 N–H and O–H groups in total. The van der Waals surface area contributed by atoms with E-state index in [1.54, 1.807) is 6.07 Å². The van der Waals surface area contributed by atoms with Gasteiger partial charge in [0.15, 0.2) is 0 Å². The van der Waals surface area contributed by atoms with E-state index in [9.17, 15) is 13.2 Å². The molecule has 9 rings (SSSR count). The van der Waals surface area contributed by atoms with Gasteiger partial charge in [-0.15, -0.1) is 0 Å². The first kappa shape index (κ1) is 45.4. The van der Waals surface area contributed by atoms with E-state index in [4.69, 9.17) is 0 Å². The molecule has 62 heavy (non-hydrogen) atoms. The third-order valence-electron chi connectivity index (χ3n) is 12.3. The first-order chi connectivity index (χ1) is 28.7. The van der Waals surface area contributed by atoms with Crippen molar-refractivity contribution < 1.29 is 59.3 Å². The van der Waals surface area contributed by atoms with Crippen LogP contribution in [0, 0.1) is 0 Å². The van der Waals surface area contributed by atoms with Crippen LogP contribution in [0.5, 0.6) is 0 Å². The zero-order valence-electron chi connectivity index (χ0n) is 35.8. The molecular weight excluding hydrogens is 892 g/mol. The smallest absolute Gasteiger partial charge is 1.00 e. The molecule has 0 fully saturated rings. The van der Waals surface area contributed by atoms with E-state index in [1.807, 2.05) is 12.1 Å². The third-order valence-corrected chi connectivity index (χ3v) is 20.2. The molecular formula is C56H49Cl2F3Zr. The number of benzene rings is 7. The van der Waals surface area contributed by atoms with Gasteiger partial charge in [-0.2, -0.15) is 0 Å². The Hall–Kier alpha value is -4.60. The van der Waals surface area contributed by atoms with Gasteiger partial charge in [0.05, 0.1) is 0 Å². The molecule has 7 aromatic rings. The van der Waals surface area contributed by atoms with Gasteiger partial charge in [-0.3, -0.25) is 0 Å². The van der Waals surface area contributed by atoms with Crippen LogP contribution in [0.15, 0.2) is 170 Å². The standard InChI is InChI=1S/C33H33.C18H11F3.C5H5.2ClH.Zr/c1-32(2,3)30-20-26-24(18-28(30)22-13-9-7-10-14-22)17-25-19-29(23-15-11-8-12-16-23)31(21-27(25)26)33(4,5)6;19-18(20,21)16-9-3-5-13(12-16)11-15-8-4-7-14-6-1-2-10-17(14)15;1-2-4-5-3-1;;;/h7-16,18,20-21H,17H2,1-6H3;1-10,12H;1-5H;2*1H;/q;;;;;+2/p-2. The van der Waals surface area contributed by atoms with Crippen LogP contribution in [0.4, 0.5) is 13.2 Å². The predicted molar refractivity (Wildman–Crippen MR) is 243 cm³/mol. The summed E-state index contributed by atoms with van der Waals surface area (Å²) in [7, 11) is 0. The Labute approximate surface area is 384 Å². The van der Waals surface area contributed by atoms with Gasteiger partial charge >= 0.3 is 363 Å². The molecule has 0 radical (unpaired) electrons. The third kappa shape index (κ3) is 8.44. The molecule has 6 heteroatoms. The predicted octanol–water partition coefficient (Wildman–Crippen LogP) is 8.79. The minimum Gasteiger partial charge on any atom is -1.00 e. The van der Waals surface area contributed by atoms with Gasteiger partial charge in [0, 0.05) is 0 Å². The number of allylic oxidation sites excluding steroid dienone is 4. The van der Waals surface area contributed by atoms with E-state index in [1.165, 1.54) is 65.5 Å². The maximum Gasteiger partial charge on any atom is -1.00 e. The summed E-state index contributed by atoms with van der Waals surface area (Å²) >= 11 is -3.56. The molecule has 2 aliphatic rings. The van der Waals surface area contributed by atoms with Crippen LogP contribution in [-0.2, 0) is 44.7 Å². The summed E-state index contributed by atoms with van der Waals surface area (Å²) in [6.07, 6.45) is 5.21. The molecule has 7 aromatic carbocycles. The normalized spacial score (nSPS) is 13.7. The fourth-order valence-corrected chi connectivity index (χ4v) is 18.3. The first-order valence-electron chi connectivity index (χ1n) is 20.9. The van der Waals surface area contributed by atoms with Gasteiger partial charge in [0.25, 0.3) is 0 Å². The van der Waals surface area contributed by atoms with Crippen LogP contribution in [0.1, 0.15) is 80.5 Å². The fraction of sp³-hybridized carbons (Fsp3) is 0.196. The molecule has 0 heterocycles. The number of fused-ring (bicyclic) bond motifs is 4. The van der Waals surface area contributed by atoms with Crippen molar-refractivity contribution in [3.63, 3.8) is 0 Å². The second-order valence-electron chi connectivity index (χ2n) is 18.4. The SMILES string of the molecule is CC(C)(C)c1cc2c(cc1-c1ccccc1)Cc1c-2cc(C(C)(C)C)c(-c2ccccc2)[c]1[Zr+2](=[C](c1cccc(C(F)(F)F)c1)c1cccc2ccccc12)[CH]1C=CC=C1.[Cl-].[Cl-]. The van der Waals surface area contributed by atoms with Crippen LogP contribution in [-0.4, -0.2) is 3.21 Å². The monoisotopic (exact) mass is 938 g/mol. The quantitative estimate of drug-likeness (QED) is 0.157. The number of hydrogen-bond donors (Lipinski definition) is 0. The van der Waals surface area contributed by atoms with Crippen molar-refractivity contribution in [2.75, 3.05) is 0 Å². The molecule has 0 nitrogen and oxygen atoms in total. The van der Waals surface area contributed by atoms with E-state index in [0.717, 1.165) is 31.5 Å². The summed E-state index contributed by atoms with van der Waals surface area (Å²) in [5, 5.41) is 2.14. The van der Waals surface area contributed by atoms with Crippen molar-refractivity contribution in [1.29, 1.82) is 0 Å². The van der Waals surface area contributed by atoms with Crippen molar-refractivity contribution in [2.24, 2.45) is 0 Å². The summed E-state index contributed by atoms with van der Waals surface area (Å²) in [6.45, 7) is 13.8. The van der Waals surface area contributed by atoms with E-state index >= 15 is 0 Å². The Kier molecular flexibility index (Phi) is 12.8. The zero-order chi connectivity index (χ0) is 42.0. The molecule has 0 aliphatic heterocycles. The maximum atomic E-state index is 14.8. The Morgan fingerprint density at radius 3 is 1.79 bits per heavy atom. The summed E-state index contributed by atoms with van der Waals surface area (Å²) < 4.78 is 46.8. The van der Waals surface area contributed by atoms with Gasteiger partial charge in [0.2, 0.25) is 0 Å². The second-order valence-corrected chi connectivity index (χ2v) is 24.5. The topological polar surface area (TPSA) is 0 Å². The van der Waals surface area contributed by atoms with E-state index in [0.29, 0.717) is 5.56 Å². The molecule has 0 unspecified atom stereocenters. The van der Waals surface area contributed by atoms with Crippen molar-refractivity contribution in [3.05, 3.63) is 209 Å². The van der Waals surface area contributed by atoms with Gasteiger partial charge in [-0.05, 0) is 0 Å². The van der Waals surface area contributed by atoms with Gasteiger partial charge in [0.1, 0.15) is 0 Å². The average molecular weight is 941 g/mol. The van der Waals surface area contributed by atoms with E-state index in [-0.39, 0.29) is 39.3 Å². The molecule has 0 bridgehead atoms. The van der Waals surface area contributed by atoms with E-state index in [2.05, 4.69) is 181 Å². The fourth-order valence-electron chi connectivity index (χ4n) is 9.48. The second kappa shape index (κ2) is 17.5. The Morgan fingerprint density at radius 1 is 0.565 bits per heavy atom. The van der Waals surface area contributed by atoms with Crippen LogP contribution in [0.2, 0.25) is 3.63 Å². The Bertz CT molecular complexity index is 2870. The van der Waals surface area contributed by atoms with Crippen molar-refractivity contribution in [3.8, 4) is 33.4 Å². The van der Waals surface area contributed by atoms with Gasteiger partial charge in [-0.25, -0.2) is 0 Å². The Balaban J connectivity index is 0.00000289. The number of halogens is 5. The summed E-state index contributed by atoms with van der Waals surface area (Å²) in [5.41, 5.74) is 13.3. The van der Waals surface area contributed by atoms with Crippen LogP contribution >= 0.6 is 0 Å². The summed E-state index contributed by atoms with van der Waals surface area (Å²) in [6, 6.07) is 49.7. The first-order valence-corrected chi connectivity index (χ1v) is 24.8. The molecule has 0 atom stereocenters. The molecule has 0 saturated carbocycles.